The fourth-order valence-electron chi connectivity index (χ4n) is 5.47. The SMILES string of the molecule is Cc1ccccc1[C@@H]1c2ccsc2CCN1CC(=O)N1CCN(C(=O)c2cccc([N+](=O)[O-])c2)[C@@H](C)C1. The Hall–Kier alpha value is -3.56. The predicted molar refractivity (Wildman–Crippen MR) is 143 cm³/mol. The van der Waals surface area contributed by atoms with Gasteiger partial charge in [0.15, 0.2) is 0 Å². The number of rotatable bonds is 5. The molecule has 192 valence electrons. The van der Waals surface area contributed by atoms with Crippen molar-refractivity contribution in [3.63, 3.8) is 0 Å². The van der Waals surface area contributed by atoms with E-state index in [1.165, 1.54) is 39.8 Å². The van der Waals surface area contributed by atoms with Gasteiger partial charge in [0.05, 0.1) is 17.5 Å². The quantitative estimate of drug-likeness (QED) is 0.372. The van der Waals surface area contributed by atoms with Crippen LogP contribution in [0.4, 0.5) is 5.69 Å². The Labute approximate surface area is 220 Å². The Balaban J connectivity index is 1.28. The van der Waals surface area contributed by atoms with Gasteiger partial charge in [0.2, 0.25) is 5.91 Å². The minimum absolute atomic E-state index is 0.0503. The summed E-state index contributed by atoms with van der Waals surface area (Å²) >= 11 is 1.79. The zero-order chi connectivity index (χ0) is 26.1. The number of carbonyl (C=O) groups excluding carboxylic acids is 2. The zero-order valence-corrected chi connectivity index (χ0v) is 21.8. The van der Waals surface area contributed by atoms with E-state index < -0.39 is 4.92 Å². The van der Waals surface area contributed by atoms with Gasteiger partial charge in [0, 0.05) is 54.8 Å². The van der Waals surface area contributed by atoms with Gasteiger partial charge >= 0.3 is 0 Å². The van der Waals surface area contributed by atoms with Gasteiger partial charge in [-0.3, -0.25) is 24.6 Å². The highest BCUT2D eigenvalue weighted by atomic mass is 32.1. The zero-order valence-electron chi connectivity index (χ0n) is 21.0. The second kappa shape index (κ2) is 10.4. The summed E-state index contributed by atoms with van der Waals surface area (Å²) in [6, 6.07) is 16.2. The number of fused-ring (bicyclic) bond motifs is 1. The number of thiophene rings is 1. The van der Waals surface area contributed by atoms with Crippen molar-refractivity contribution < 1.29 is 14.5 Å². The topological polar surface area (TPSA) is 87.0 Å². The smallest absolute Gasteiger partial charge is 0.270 e. The van der Waals surface area contributed by atoms with Gasteiger partial charge in [0.25, 0.3) is 11.6 Å². The molecule has 1 aromatic heterocycles. The number of aryl methyl sites for hydroxylation is 1. The van der Waals surface area contributed by atoms with E-state index in [2.05, 4.69) is 41.5 Å². The third-order valence-corrected chi connectivity index (χ3v) is 8.43. The van der Waals surface area contributed by atoms with Crippen molar-refractivity contribution in [1.29, 1.82) is 0 Å². The molecule has 2 aliphatic rings. The average molecular weight is 519 g/mol. The summed E-state index contributed by atoms with van der Waals surface area (Å²) < 4.78 is 0. The summed E-state index contributed by atoms with van der Waals surface area (Å²) in [6.45, 7) is 6.45. The Morgan fingerprint density at radius 1 is 1.05 bits per heavy atom. The van der Waals surface area contributed by atoms with Crippen molar-refractivity contribution in [2.45, 2.75) is 32.4 Å². The first kappa shape index (κ1) is 25.1. The molecule has 2 atom stereocenters. The van der Waals surface area contributed by atoms with Crippen LogP contribution in [0, 0.1) is 17.0 Å². The highest BCUT2D eigenvalue weighted by Crippen LogP contribution is 2.38. The number of hydrogen-bond donors (Lipinski definition) is 0. The molecule has 0 bridgehead atoms. The van der Waals surface area contributed by atoms with Crippen LogP contribution in [0.5, 0.6) is 0 Å². The molecule has 0 N–H and O–H groups in total. The Morgan fingerprint density at radius 2 is 1.86 bits per heavy atom. The molecule has 37 heavy (non-hydrogen) atoms. The maximum atomic E-state index is 13.5. The number of nitrogens with zero attached hydrogens (tertiary/aromatic N) is 4. The van der Waals surface area contributed by atoms with Crippen LogP contribution in [0.15, 0.2) is 60.0 Å². The van der Waals surface area contributed by atoms with Crippen LogP contribution in [-0.4, -0.2) is 70.2 Å². The number of nitro benzene ring substituents is 1. The first-order valence-corrected chi connectivity index (χ1v) is 13.4. The molecule has 0 spiro atoms. The van der Waals surface area contributed by atoms with Crippen molar-refractivity contribution in [2.75, 3.05) is 32.7 Å². The molecule has 3 aromatic rings. The third kappa shape index (κ3) is 5.01. The fraction of sp³-hybridized carbons (Fsp3) is 0.357. The van der Waals surface area contributed by atoms with Crippen molar-refractivity contribution in [2.24, 2.45) is 0 Å². The van der Waals surface area contributed by atoms with Gasteiger partial charge in [0.1, 0.15) is 0 Å². The van der Waals surface area contributed by atoms with Crippen LogP contribution < -0.4 is 0 Å². The molecule has 0 radical (unpaired) electrons. The van der Waals surface area contributed by atoms with Crippen LogP contribution in [0.1, 0.15) is 44.9 Å². The number of carbonyl (C=O) groups is 2. The minimum atomic E-state index is -0.499. The second-order valence-corrected chi connectivity index (χ2v) is 10.8. The lowest BCUT2D eigenvalue weighted by atomic mass is 9.90. The lowest BCUT2D eigenvalue weighted by Gasteiger charge is -2.42. The molecule has 0 aliphatic carbocycles. The van der Waals surface area contributed by atoms with Gasteiger partial charge < -0.3 is 9.80 Å². The van der Waals surface area contributed by atoms with Crippen molar-refractivity contribution in [3.8, 4) is 0 Å². The van der Waals surface area contributed by atoms with E-state index in [1.807, 2.05) is 17.9 Å². The summed E-state index contributed by atoms with van der Waals surface area (Å²) in [7, 11) is 0. The van der Waals surface area contributed by atoms with Crippen LogP contribution >= 0.6 is 11.3 Å². The highest BCUT2D eigenvalue weighted by Gasteiger charge is 2.35. The van der Waals surface area contributed by atoms with E-state index in [0.717, 1.165) is 13.0 Å². The Kier molecular flexibility index (Phi) is 7.08. The summed E-state index contributed by atoms with van der Waals surface area (Å²) in [5.74, 6) is -0.185. The van der Waals surface area contributed by atoms with E-state index in [1.54, 1.807) is 22.3 Å². The molecule has 1 saturated heterocycles. The summed E-state index contributed by atoms with van der Waals surface area (Å²) in [6.07, 6.45) is 0.935. The van der Waals surface area contributed by atoms with Crippen LogP contribution in [0.25, 0.3) is 0 Å². The first-order chi connectivity index (χ1) is 17.8. The van der Waals surface area contributed by atoms with E-state index >= 15 is 0 Å². The second-order valence-electron chi connectivity index (χ2n) is 9.77. The summed E-state index contributed by atoms with van der Waals surface area (Å²) in [5.41, 5.74) is 3.92. The molecule has 8 nitrogen and oxygen atoms in total. The lowest BCUT2D eigenvalue weighted by Crippen LogP contribution is -2.57. The first-order valence-electron chi connectivity index (χ1n) is 12.5. The highest BCUT2D eigenvalue weighted by molar-refractivity contribution is 7.10. The number of amides is 2. The molecule has 9 heteroatoms. The summed E-state index contributed by atoms with van der Waals surface area (Å²) in [4.78, 5) is 44.4. The van der Waals surface area contributed by atoms with Crippen molar-refractivity contribution in [1.82, 2.24) is 14.7 Å². The molecular formula is C28H30N4O4S. The largest absolute Gasteiger partial charge is 0.338 e. The van der Waals surface area contributed by atoms with Crippen LogP contribution in [0.2, 0.25) is 0 Å². The van der Waals surface area contributed by atoms with E-state index in [9.17, 15) is 19.7 Å². The van der Waals surface area contributed by atoms with Gasteiger partial charge in [-0.2, -0.15) is 0 Å². The normalized spacial score (nSPS) is 19.9. The maximum absolute atomic E-state index is 13.5. The van der Waals surface area contributed by atoms with Gasteiger partial charge in [-0.25, -0.2) is 0 Å². The minimum Gasteiger partial charge on any atom is -0.338 e. The van der Waals surface area contributed by atoms with Crippen LogP contribution in [-0.2, 0) is 11.2 Å². The van der Waals surface area contributed by atoms with E-state index in [0.29, 0.717) is 31.7 Å². The Bertz CT molecular complexity index is 1340. The molecule has 3 heterocycles. The number of hydrogen-bond acceptors (Lipinski definition) is 6. The molecule has 0 saturated carbocycles. The standard InChI is InChI=1S/C28H30N4O4S/c1-19-6-3-4-9-23(19)27-24-11-15-37-25(24)10-12-30(27)18-26(33)29-13-14-31(20(2)17-29)28(34)21-7-5-8-22(16-21)32(35)36/h3-9,11,15-16,20,27H,10,12-14,17-18H2,1-2H3/t20-,27+/m0/s1. The van der Waals surface area contributed by atoms with Gasteiger partial charge in [-0.05, 0) is 54.5 Å². The van der Waals surface area contributed by atoms with E-state index in [-0.39, 0.29) is 29.6 Å². The molecule has 0 unspecified atom stereocenters. The molecule has 5 rings (SSSR count). The number of nitro groups is 1. The fourth-order valence-corrected chi connectivity index (χ4v) is 6.38. The molecule has 2 aliphatic heterocycles. The predicted octanol–water partition coefficient (Wildman–Crippen LogP) is 4.29. The van der Waals surface area contributed by atoms with Gasteiger partial charge in [-0.15, -0.1) is 11.3 Å². The monoisotopic (exact) mass is 518 g/mol. The van der Waals surface area contributed by atoms with Crippen LogP contribution in [0.3, 0.4) is 0 Å². The number of piperazine rings is 1. The van der Waals surface area contributed by atoms with Gasteiger partial charge in [-0.1, -0.05) is 30.3 Å². The van der Waals surface area contributed by atoms with Crippen molar-refractivity contribution in [3.05, 3.63) is 97.2 Å². The molecule has 2 amide bonds. The van der Waals surface area contributed by atoms with E-state index in [4.69, 9.17) is 0 Å². The number of non-ortho nitro benzene ring substituents is 1. The summed E-state index contributed by atoms with van der Waals surface area (Å²) in [5, 5.41) is 13.3. The number of benzene rings is 2. The third-order valence-electron chi connectivity index (χ3n) is 7.43. The molecule has 1 fully saturated rings. The molecular weight excluding hydrogens is 488 g/mol. The van der Waals surface area contributed by atoms with Crippen molar-refractivity contribution >= 4 is 28.8 Å². The Morgan fingerprint density at radius 3 is 2.62 bits per heavy atom. The maximum Gasteiger partial charge on any atom is 0.270 e. The lowest BCUT2D eigenvalue weighted by molar-refractivity contribution is -0.384. The molecule has 2 aromatic carbocycles. The average Bonchev–Trinajstić information content (AvgIpc) is 3.38.